The van der Waals surface area contributed by atoms with Crippen LogP contribution in [-0.2, 0) is 14.8 Å². The Balaban J connectivity index is 1.78. The zero-order valence-corrected chi connectivity index (χ0v) is 16.9. The fourth-order valence-electron chi connectivity index (χ4n) is 3.04. The number of aliphatic hydroxyl groups excluding tert-OH is 1. The summed E-state index contributed by atoms with van der Waals surface area (Å²) < 4.78 is 37.5. The van der Waals surface area contributed by atoms with Gasteiger partial charge in [0.2, 0.25) is 10.0 Å². The van der Waals surface area contributed by atoms with Crippen molar-refractivity contribution in [3.63, 3.8) is 0 Å². The van der Waals surface area contributed by atoms with Crippen LogP contribution >= 0.6 is 0 Å². The number of ether oxygens (including phenoxy) is 2. The number of nitrogens with one attached hydrogen (secondary N) is 1. The molecule has 0 spiro atoms. The first-order valence-corrected chi connectivity index (χ1v) is 10.6. The van der Waals surface area contributed by atoms with E-state index < -0.39 is 22.0 Å². The number of nitrogens with zero attached hydrogens (tertiary/aromatic N) is 1. The first-order valence-electron chi connectivity index (χ1n) is 9.20. The van der Waals surface area contributed by atoms with E-state index in [9.17, 15) is 18.3 Å². The van der Waals surface area contributed by atoms with Crippen molar-refractivity contribution < 1.29 is 27.8 Å². The van der Waals surface area contributed by atoms with Gasteiger partial charge >= 0.3 is 0 Å². The Hall–Kier alpha value is -2.46. The Kier molecular flexibility index (Phi) is 6.86. The van der Waals surface area contributed by atoms with Gasteiger partial charge in [0.05, 0.1) is 36.9 Å². The highest BCUT2D eigenvalue weighted by molar-refractivity contribution is 7.89. The van der Waals surface area contributed by atoms with E-state index in [2.05, 4.69) is 5.32 Å². The Bertz CT molecular complexity index is 943. The molecule has 2 N–H and O–H groups in total. The van der Waals surface area contributed by atoms with Gasteiger partial charge in [-0.25, -0.2) is 8.42 Å². The quantitative estimate of drug-likeness (QED) is 0.697. The fraction of sp³-hybridized carbons (Fsp3) is 0.350. The molecule has 9 heteroatoms. The lowest BCUT2D eigenvalue weighted by Crippen LogP contribution is -2.40. The second kappa shape index (κ2) is 9.36. The van der Waals surface area contributed by atoms with Crippen LogP contribution < -0.4 is 10.1 Å². The predicted molar refractivity (Wildman–Crippen MR) is 106 cm³/mol. The van der Waals surface area contributed by atoms with E-state index >= 15 is 0 Å². The first-order chi connectivity index (χ1) is 13.9. The highest BCUT2D eigenvalue weighted by atomic mass is 32.2. The number of amides is 1. The molecule has 1 saturated heterocycles. The summed E-state index contributed by atoms with van der Waals surface area (Å²) >= 11 is 0. The van der Waals surface area contributed by atoms with E-state index in [1.54, 1.807) is 24.3 Å². The molecule has 1 fully saturated rings. The van der Waals surface area contributed by atoms with Crippen molar-refractivity contribution in [1.29, 1.82) is 0 Å². The number of benzene rings is 2. The molecule has 8 nitrogen and oxygen atoms in total. The van der Waals surface area contributed by atoms with Gasteiger partial charge in [-0.05, 0) is 23.8 Å². The van der Waals surface area contributed by atoms with Gasteiger partial charge in [0.1, 0.15) is 5.75 Å². The zero-order chi connectivity index (χ0) is 20.9. The predicted octanol–water partition coefficient (Wildman–Crippen LogP) is 1.18. The largest absolute Gasteiger partial charge is 0.496 e. The van der Waals surface area contributed by atoms with E-state index in [4.69, 9.17) is 9.47 Å². The third-order valence-corrected chi connectivity index (χ3v) is 6.56. The number of carbonyl (C=O) groups excluding carboxylic acids is 1. The normalized spacial score (nSPS) is 16.2. The molecular formula is C20H24N2O6S. The Morgan fingerprint density at radius 1 is 1.21 bits per heavy atom. The number of rotatable bonds is 7. The van der Waals surface area contributed by atoms with Crippen molar-refractivity contribution in [2.45, 2.75) is 11.0 Å². The zero-order valence-electron chi connectivity index (χ0n) is 16.1. The van der Waals surface area contributed by atoms with Crippen molar-refractivity contribution in [2.75, 3.05) is 40.0 Å². The van der Waals surface area contributed by atoms with Crippen LogP contribution in [0, 0.1) is 0 Å². The minimum Gasteiger partial charge on any atom is -0.496 e. The molecular weight excluding hydrogens is 396 g/mol. The van der Waals surface area contributed by atoms with Crippen LogP contribution in [-0.4, -0.2) is 63.7 Å². The fourth-order valence-corrected chi connectivity index (χ4v) is 4.47. The standard InChI is InChI=1S/C20H24N2O6S/c1-27-19-8-7-16(29(25,26)22-9-11-28-12-10-22)13-17(19)20(24)21-14-18(23)15-5-3-2-4-6-15/h2-8,13,18,23H,9-12,14H2,1H3,(H,21,24). The third-order valence-electron chi connectivity index (χ3n) is 4.66. The molecule has 2 aromatic carbocycles. The number of methoxy groups -OCH3 is 1. The maximum Gasteiger partial charge on any atom is 0.255 e. The van der Waals surface area contributed by atoms with Crippen LogP contribution in [0.4, 0.5) is 0 Å². The number of carbonyl (C=O) groups is 1. The second-order valence-electron chi connectivity index (χ2n) is 6.52. The average molecular weight is 420 g/mol. The lowest BCUT2D eigenvalue weighted by molar-refractivity contribution is 0.0730. The van der Waals surface area contributed by atoms with Gasteiger partial charge in [-0.2, -0.15) is 4.31 Å². The number of aliphatic hydroxyl groups is 1. The summed E-state index contributed by atoms with van der Waals surface area (Å²) in [5, 5.41) is 12.9. The minimum atomic E-state index is -3.75. The van der Waals surface area contributed by atoms with Crippen molar-refractivity contribution in [1.82, 2.24) is 9.62 Å². The average Bonchev–Trinajstić information content (AvgIpc) is 2.77. The van der Waals surface area contributed by atoms with Crippen LogP contribution in [0.2, 0.25) is 0 Å². The molecule has 29 heavy (non-hydrogen) atoms. The summed E-state index contributed by atoms with van der Waals surface area (Å²) in [6.07, 6.45) is -0.883. The van der Waals surface area contributed by atoms with E-state index in [1.807, 2.05) is 6.07 Å². The lowest BCUT2D eigenvalue weighted by atomic mass is 10.1. The van der Waals surface area contributed by atoms with Crippen molar-refractivity contribution in [3.8, 4) is 5.75 Å². The Morgan fingerprint density at radius 2 is 1.90 bits per heavy atom. The molecule has 1 atom stereocenters. The summed E-state index contributed by atoms with van der Waals surface area (Å²) in [6.45, 7) is 1.17. The monoisotopic (exact) mass is 420 g/mol. The van der Waals surface area contributed by atoms with Crippen LogP contribution in [0.1, 0.15) is 22.0 Å². The lowest BCUT2D eigenvalue weighted by Gasteiger charge is -2.26. The van der Waals surface area contributed by atoms with Gasteiger partial charge in [-0.15, -0.1) is 0 Å². The third kappa shape index (κ3) is 4.94. The van der Waals surface area contributed by atoms with Gasteiger partial charge in [0.15, 0.2) is 0 Å². The van der Waals surface area contributed by atoms with Gasteiger partial charge in [0, 0.05) is 19.6 Å². The minimum absolute atomic E-state index is 0.00829. The van der Waals surface area contributed by atoms with Crippen molar-refractivity contribution in [3.05, 3.63) is 59.7 Å². The van der Waals surface area contributed by atoms with E-state index in [0.29, 0.717) is 18.8 Å². The molecule has 1 aliphatic rings. The highest BCUT2D eigenvalue weighted by Crippen LogP contribution is 2.25. The molecule has 0 radical (unpaired) electrons. The Labute approximate surface area is 170 Å². The molecule has 1 heterocycles. The molecule has 0 aromatic heterocycles. The van der Waals surface area contributed by atoms with Crippen LogP contribution in [0.15, 0.2) is 53.4 Å². The van der Waals surface area contributed by atoms with Gasteiger partial charge in [-0.1, -0.05) is 30.3 Å². The molecule has 1 amide bonds. The topological polar surface area (TPSA) is 105 Å². The number of sulfonamides is 1. The van der Waals surface area contributed by atoms with E-state index in [0.717, 1.165) is 0 Å². The van der Waals surface area contributed by atoms with Crippen LogP contribution in [0.3, 0.4) is 0 Å². The SMILES string of the molecule is COc1ccc(S(=O)(=O)N2CCOCC2)cc1C(=O)NCC(O)c1ccccc1. The summed E-state index contributed by atoms with van der Waals surface area (Å²) in [6, 6.07) is 13.1. The molecule has 0 aliphatic carbocycles. The van der Waals surface area contributed by atoms with Gasteiger partial charge in [-0.3, -0.25) is 4.79 Å². The Morgan fingerprint density at radius 3 is 2.55 bits per heavy atom. The summed E-state index contributed by atoms with van der Waals surface area (Å²) in [5.74, 6) is -0.284. The molecule has 3 rings (SSSR count). The van der Waals surface area contributed by atoms with Crippen molar-refractivity contribution >= 4 is 15.9 Å². The molecule has 1 aliphatic heterocycles. The van der Waals surface area contributed by atoms with Gasteiger partial charge < -0.3 is 19.9 Å². The number of hydrogen-bond acceptors (Lipinski definition) is 6. The highest BCUT2D eigenvalue weighted by Gasteiger charge is 2.28. The maximum absolute atomic E-state index is 12.9. The molecule has 2 aromatic rings. The van der Waals surface area contributed by atoms with Crippen LogP contribution in [0.5, 0.6) is 5.75 Å². The first kappa shape index (κ1) is 21.3. The number of morpholine rings is 1. The molecule has 0 saturated carbocycles. The smallest absolute Gasteiger partial charge is 0.255 e. The van der Waals surface area contributed by atoms with Crippen LogP contribution in [0.25, 0.3) is 0 Å². The maximum atomic E-state index is 12.9. The summed E-state index contributed by atoms with van der Waals surface area (Å²) in [5.41, 5.74) is 0.755. The van der Waals surface area contributed by atoms with Gasteiger partial charge in [0.25, 0.3) is 5.91 Å². The molecule has 1 unspecified atom stereocenters. The summed E-state index contributed by atoms with van der Waals surface area (Å²) in [7, 11) is -2.35. The van der Waals surface area contributed by atoms with Crippen molar-refractivity contribution in [2.24, 2.45) is 0 Å². The van der Waals surface area contributed by atoms with E-state index in [1.165, 1.54) is 29.6 Å². The second-order valence-corrected chi connectivity index (χ2v) is 8.45. The van der Waals surface area contributed by atoms with E-state index in [-0.39, 0.29) is 35.8 Å². The molecule has 0 bridgehead atoms. The molecule has 156 valence electrons. The number of hydrogen-bond donors (Lipinski definition) is 2. The summed E-state index contributed by atoms with van der Waals surface area (Å²) in [4.78, 5) is 12.7.